The number of carbonyl (C=O) groups is 5. The molecule has 0 saturated carbocycles. The number of hydrogen-bond donors (Lipinski definition) is 7. The Bertz CT molecular complexity index is 786. The zero-order valence-electron chi connectivity index (χ0n) is 16.6. The second-order valence-corrected chi connectivity index (χ2v) is 6.65. The maximum absolute atomic E-state index is 12.5. The number of rotatable bonds is 13. The Balaban J connectivity index is 2.73. The molecule has 3 atom stereocenters. The highest BCUT2D eigenvalue weighted by Gasteiger charge is 2.25. The number of aliphatic hydroxyl groups is 1. The van der Waals surface area contributed by atoms with Crippen molar-refractivity contribution in [1.82, 2.24) is 16.0 Å². The van der Waals surface area contributed by atoms with Crippen LogP contribution in [0.5, 0.6) is 0 Å². The van der Waals surface area contributed by atoms with Crippen LogP contribution in [0, 0.1) is 0 Å². The molecular formula is C19H26N4O8. The van der Waals surface area contributed by atoms with Crippen molar-refractivity contribution in [2.24, 2.45) is 5.73 Å². The first-order chi connectivity index (χ1) is 14.6. The molecule has 12 heteroatoms. The van der Waals surface area contributed by atoms with Gasteiger partial charge in [-0.15, -0.1) is 0 Å². The molecule has 0 radical (unpaired) electrons. The number of aliphatic carboxylic acids is 2. The Morgan fingerprint density at radius 1 is 0.935 bits per heavy atom. The predicted molar refractivity (Wildman–Crippen MR) is 107 cm³/mol. The summed E-state index contributed by atoms with van der Waals surface area (Å²) in [5.74, 6) is -4.96. The summed E-state index contributed by atoms with van der Waals surface area (Å²) in [4.78, 5) is 58.2. The van der Waals surface area contributed by atoms with Gasteiger partial charge in [-0.3, -0.25) is 19.2 Å². The van der Waals surface area contributed by atoms with Crippen LogP contribution >= 0.6 is 0 Å². The van der Waals surface area contributed by atoms with Crippen molar-refractivity contribution >= 4 is 29.7 Å². The summed E-state index contributed by atoms with van der Waals surface area (Å²) in [6, 6.07) is 4.93. The molecule has 0 aliphatic heterocycles. The summed E-state index contributed by atoms with van der Waals surface area (Å²) in [5.41, 5.74) is 6.17. The van der Waals surface area contributed by atoms with E-state index in [2.05, 4.69) is 16.0 Å². The molecule has 0 aliphatic carbocycles. The van der Waals surface area contributed by atoms with E-state index >= 15 is 0 Å². The highest BCUT2D eigenvalue weighted by molar-refractivity contribution is 5.92. The molecule has 0 aromatic heterocycles. The van der Waals surface area contributed by atoms with Gasteiger partial charge < -0.3 is 37.0 Å². The lowest BCUT2D eigenvalue weighted by Gasteiger charge is -2.20. The van der Waals surface area contributed by atoms with Crippen LogP contribution in [0.3, 0.4) is 0 Å². The van der Waals surface area contributed by atoms with Gasteiger partial charge in [-0.25, -0.2) is 4.79 Å². The smallest absolute Gasteiger partial charge is 0.326 e. The van der Waals surface area contributed by atoms with E-state index in [1.54, 1.807) is 30.3 Å². The molecule has 0 fully saturated rings. The standard InChI is InChI=1S/C19H26N4O8/c20-12(10-24)17(28)23-14(8-11-4-2-1-3-5-11)18(29)21-9-15(25)22-13(19(30)31)6-7-16(26)27/h1-5,12-14,24H,6-10,20H2,(H,21,29)(H,22,25)(H,23,28)(H,26,27)(H,30,31). The van der Waals surface area contributed by atoms with Crippen LogP contribution in [0.4, 0.5) is 0 Å². The maximum atomic E-state index is 12.5. The van der Waals surface area contributed by atoms with Crippen molar-refractivity contribution in [2.75, 3.05) is 13.2 Å². The minimum atomic E-state index is -1.43. The third-order valence-corrected chi connectivity index (χ3v) is 4.15. The van der Waals surface area contributed by atoms with E-state index in [0.717, 1.165) is 0 Å². The molecule has 31 heavy (non-hydrogen) atoms. The van der Waals surface area contributed by atoms with Crippen LogP contribution in [0.25, 0.3) is 0 Å². The van der Waals surface area contributed by atoms with Gasteiger partial charge in [-0.2, -0.15) is 0 Å². The summed E-state index contributed by atoms with van der Waals surface area (Å²) in [7, 11) is 0. The van der Waals surface area contributed by atoms with Crippen LogP contribution in [0.1, 0.15) is 18.4 Å². The number of amides is 3. The molecular weight excluding hydrogens is 412 g/mol. The predicted octanol–water partition coefficient (Wildman–Crippen LogP) is -2.42. The maximum Gasteiger partial charge on any atom is 0.326 e. The number of carbonyl (C=O) groups excluding carboxylic acids is 3. The van der Waals surface area contributed by atoms with E-state index in [1.807, 2.05) is 0 Å². The van der Waals surface area contributed by atoms with E-state index in [-0.39, 0.29) is 12.8 Å². The molecule has 0 heterocycles. The molecule has 1 rings (SSSR count). The zero-order valence-corrected chi connectivity index (χ0v) is 16.6. The Kier molecular flexibility index (Phi) is 10.6. The SMILES string of the molecule is NC(CO)C(=O)NC(Cc1ccccc1)C(=O)NCC(=O)NC(CCC(=O)O)C(=O)O. The molecule has 1 aromatic carbocycles. The van der Waals surface area contributed by atoms with Gasteiger partial charge in [0, 0.05) is 12.8 Å². The monoisotopic (exact) mass is 438 g/mol. The summed E-state index contributed by atoms with van der Waals surface area (Å²) in [6.07, 6.45) is -0.704. The molecule has 8 N–H and O–H groups in total. The van der Waals surface area contributed by atoms with Gasteiger partial charge >= 0.3 is 11.9 Å². The molecule has 12 nitrogen and oxygen atoms in total. The van der Waals surface area contributed by atoms with Crippen molar-refractivity contribution in [3.05, 3.63) is 35.9 Å². The highest BCUT2D eigenvalue weighted by Crippen LogP contribution is 2.04. The number of nitrogens with one attached hydrogen (secondary N) is 3. The van der Waals surface area contributed by atoms with E-state index in [4.69, 9.17) is 21.1 Å². The Labute approximate surface area is 177 Å². The second-order valence-electron chi connectivity index (χ2n) is 6.65. The molecule has 1 aromatic rings. The number of nitrogens with two attached hydrogens (primary N) is 1. The van der Waals surface area contributed by atoms with Crippen molar-refractivity contribution in [1.29, 1.82) is 0 Å². The summed E-state index contributed by atoms with van der Waals surface area (Å²) in [5, 5.41) is 33.5. The lowest BCUT2D eigenvalue weighted by molar-refractivity contribution is -0.143. The fourth-order valence-electron chi connectivity index (χ4n) is 2.48. The van der Waals surface area contributed by atoms with Crippen molar-refractivity contribution in [2.45, 2.75) is 37.4 Å². The van der Waals surface area contributed by atoms with Gasteiger partial charge in [-0.1, -0.05) is 30.3 Å². The summed E-state index contributed by atoms with van der Waals surface area (Å²) in [6.45, 7) is -1.22. The first kappa shape index (κ1) is 25.5. The lowest BCUT2D eigenvalue weighted by atomic mass is 10.0. The van der Waals surface area contributed by atoms with Crippen LogP contribution in [0.15, 0.2) is 30.3 Å². The lowest BCUT2D eigenvalue weighted by Crippen LogP contribution is -2.54. The number of benzene rings is 1. The normalized spacial score (nSPS) is 13.4. The van der Waals surface area contributed by atoms with Gasteiger partial charge in [0.05, 0.1) is 13.2 Å². The average molecular weight is 438 g/mol. The molecule has 0 saturated heterocycles. The van der Waals surface area contributed by atoms with Crippen molar-refractivity contribution < 1.29 is 39.3 Å². The summed E-state index contributed by atoms with van der Waals surface area (Å²) < 4.78 is 0. The molecule has 0 bridgehead atoms. The second kappa shape index (κ2) is 12.9. The molecule has 0 aliphatic rings. The van der Waals surface area contributed by atoms with Gasteiger partial charge in [0.1, 0.15) is 18.1 Å². The quantitative estimate of drug-likeness (QED) is 0.175. The van der Waals surface area contributed by atoms with E-state index < -0.39 is 67.4 Å². The van der Waals surface area contributed by atoms with Crippen LogP contribution in [-0.2, 0) is 30.4 Å². The van der Waals surface area contributed by atoms with Crippen molar-refractivity contribution in [3.63, 3.8) is 0 Å². The molecule has 170 valence electrons. The first-order valence-electron chi connectivity index (χ1n) is 9.36. The van der Waals surface area contributed by atoms with Crippen LogP contribution in [-0.4, -0.2) is 76.3 Å². The Morgan fingerprint density at radius 2 is 1.58 bits per heavy atom. The minimum Gasteiger partial charge on any atom is -0.481 e. The van der Waals surface area contributed by atoms with E-state index in [0.29, 0.717) is 5.56 Å². The Hall–Kier alpha value is -3.51. The molecule has 3 unspecified atom stereocenters. The van der Waals surface area contributed by atoms with Crippen molar-refractivity contribution in [3.8, 4) is 0 Å². The molecule has 0 spiro atoms. The Morgan fingerprint density at radius 3 is 2.13 bits per heavy atom. The number of carboxylic acid groups (broad SMARTS) is 2. The van der Waals surface area contributed by atoms with Gasteiger partial charge in [0.15, 0.2) is 0 Å². The fraction of sp³-hybridized carbons (Fsp3) is 0.421. The van der Waals surface area contributed by atoms with Gasteiger partial charge in [0.25, 0.3) is 0 Å². The zero-order chi connectivity index (χ0) is 23.4. The van der Waals surface area contributed by atoms with E-state index in [9.17, 15) is 24.0 Å². The average Bonchev–Trinajstić information content (AvgIpc) is 2.74. The van der Waals surface area contributed by atoms with E-state index in [1.165, 1.54) is 0 Å². The number of aliphatic hydroxyl groups excluding tert-OH is 1. The van der Waals surface area contributed by atoms with Gasteiger partial charge in [0.2, 0.25) is 17.7 Å². The molecule has 3 amide bonds. The third kappa shape index (κ3) is 9.69. The highest BCUT2D eigenvalue weighted by atomic mass is 16.4. The largest absolute Gasteiger partial charge is 0.481 e. The van der Waals surface area contributed by atoms with Gasteiger partial charge in [-0.05, 0) is 12.0 Å². The number of hydrogen-bond acceptors (Lipinski definition) is 7. The first-order valence-corrected chi connectivity index (χ1v) is 9.36. The fourth-order valence-corrected chi connectivity index (χ4v) is 2.48. The van der Waals surface area contributed by atoms with Crippen LogP contribution < -0.4 is 21.7 Å². The third-order valence-electron chi connectivity index (χ3n) is 4.15. The summed E-state index contributed by atoms with van der Waals surface area (Å²) >= 11 is 0. The van der Waals surface area contributed by atoms with Crippen LogP contribution in [0.2, 0.25) is 0 Å². The minimum absolute atomic E-state index is 0.0779. The number of carboxylic acids is 2. The topological polar surface area (TPSA) is 208 Å².